The Morgan fingerprint density at radius 2 is 1.38 bits per heavy atom. The minimum atomic E-state index is -0.925. The van der Waals surface area contributed by atoms with Gasteiger partial charge in [-0.15, -0.1) is 0 Å². The molecule has 1 unspecified atom stereocenters. The Hall–Kier alpha value is -0.877. The summed E-state index contributed by atoms with van der Waals surface area (Å²) in [4.78, 5) is 0. The van der Waals surface area contributed by atoms with E-state index in [2.05, 4.69) is 96.1 Å². The first-order valence-corrected chi connectivity index (χ1v) is 12.4. The monoisotopic (exact) mass is 500 g/mol. The maximum absolute atomic E-state index is 2.44. The van der Waals surface area contributed by atoms with Crippen LogP contribution in [0.5, 0.6) is 0 Å². The van der Waals surface area contributed by atoms with Gasteiger partial charge in [0.25, 0.3) is 0 Å². The summed E-state index contributed by atoms with van der Waals surface area (Å²) in [5, 5.41) is 0. The van der Waals surface area contributed by atoms with Gasteiger partial charge < -0.3 is 24.8 Å². The molecule has 3 heteroatoms. The van der Waals surface area contributed by atoms with Crippen molar-refractivity contribution < 1.29 is 48.0 Å². The van der Waals surface area contributed by atoms with Crippen LogP contribution in [-0.2, 0) is 23.2 Å². The standard InChI is InChI=1S/C16H13.C10H15.2ClH.Zr/c1-12-15-10-6-5-9-14(15)11-16(12)13-7-3-2-4-8-13;1-7-6-10(4,5)9(3)8(7)2;;;/h2-10,12H,1H3;1-5H3;2*1H;/q;;;;+2/p-2. The molecule has 2 aliphatic carbocycles. The molecule has 2 aromatic rings. The molecule has 0 radical (unpaired) electrons. The van der Waals surface area contributed by atoms with Gasteiger partial charge in [0.05, 0.1) is 0 Å². The SMILES string of the molecule is CC1=C(C)C(C)(C)[C]([Zr+2][C]2=C(c3ccccc3)C(C)c3ccccc32)=C1C.[Cl-].[Cl-]. The molecular weight excluding hydrogens is 474 g/mol. The van der Waals surface area contributed by atoms with Crippen molar-refractivity contribution in [2.75, 3.05) is 0 Å². The minimum absolute atomic E-state index is 0. The van der Waals surface area contributed by atoms with Gasteiger partial charge in [-0.1, -0.05) is 0 Å². The molecule has 0 aromatic heterocycles. The number of hydrogen-bond acceptors (Lipinski definition) is 0. The van der Waals surface area contributed by atoms with Gasteiger partial charge in [-0.2, -0.15) is 0 Å². The Morgan fingerprint density at radius 1 is 0.793 bits per heavy atom. The van der Waals surface area contributed by atoms with Crippen LogP contribution in [0.4, 0.5) is 0 Å². The number of rotatable bonds is 3. The zero-order chi connectivity index (χ0) is 19.3. The second-order valence-corrected chi connectivity index (χ2v) is 11.5. The van der Waals surface area contributed by atoms with Crippen molar-refractivity contribution >= 4 is 8.85 Å². The van der Waals surface area contributed by atoms with E-state index in [-0.39, 0.29) is 30.2 Å². The predicted octanol–water partition coefficient (Wildman–Crippen LogP) is 1.41. The number of allylic oxidation sites excluding steroid dienone is 5. The quantitative estimate of drug-likeness (QED) is 0.596. The normalized spacial score (nSPS) is 19.6. The summed E-state index contributed by atoms with van der Waals surface area (Å²) in [5.74, 6) is 0.486. The first-order chi connectivity index (χ1) is 12.8. The summed E-state index contributed by atoms with van der Waals surface area (Å²) < 4.78 is 3.45. The maximum Gasteiger partial charge on any atom is -1.00 e. The molecule has 0 nitrogen and oxygen atoms in total. The zero-order valence-electron chi connectivity index (χ0n) is 18.0. The van der Waals surface area contributed by atoms with Crippen LogP contribution in [-0.4, -0.2) is 0 Å². The van der Waals surface area contributed by atoms with Crippen molar-refractivity contribution in [2.24, 2.45) is 5.41 Å². The molecule has 0 amide bonds. The third kappa shape index (κ3) is 3.92. The van der Waals surface area contributed by atoms with Gasteiger partial charge in [-0.25, -0.2) is 0 Å². The van der Waals surface area contributed by atoms with Gasteiger partial charge in [-0.05, 0) is 0 Å². The van der Waals surface area contributed by atoms with E-state index in [0.717, 1.165) is 0 Å². The molecule has 1 atom stereocenters. The molecule has 0 saturated carbocycles. The van der Waals surface area contributed by atoms with Gasteiger partial charge in [0.1, 0.15) is 0 Å². The molecule has 2 aliphatic rings. The van der Waals surface area contributed by atoms with Crippen LogP contribution in [0.2, 0.25) is 0 Å². The van der Waals surface area contributed by atoms with Crippen LogP contribution in [0.3, 0.4) is 0 Å². The number of benzene rings is 2. The molecular formula is C26H28Cl2Zr. The third-order valence-corrected chi connectivity index (χ3v) is 11.8. The molecule has 4 rings (SSSR count). The summed E-state index contributed by atoms with van der Waals surface area (Å²) in [6, 6.07) is 20.2. The fourth-order valence-corrected chi connectivity index (χ4v) is 9.61. The molecule has 0 N–H and O–H groups in total. The van der Waals surface area contributed by atoms with E-state index in [9.17, 15) is 0 Å². The van der Waals surface area contributed by atoms with Crippen LogP contribution in [0.1, 0.15) is 64.2 Å². The molecule has 2 aromatic carbocycles. The number of hydrogen-bond donors (Lipinski definition) is 0. The molecule has 0 heterocycles. The summed E-state index contributed by atoms with van der Waals surface area (Å²) >= 11 is -0.925. The Labute approximate surface area is 200 Å². The Morgan fingerprint density at radius 3 is 1.97 bits per heavy atom. The van der Waals surface area contributed by atoms with Crippen molar-refractivity contribution in [2.45, 2.75) is 47.5 Å². The van der Waals surface area contributed by atoms with E-state index in [1.165, 1.54) is 22.3 Å². The first-order valence-electron chi connectivity index (χ1n) is 9.89. The molecule has 29 heavy (non-hydrogen) atoms. The topological polar surface area (TPSA) is 0 Å². The van der Waals surface area contributed by atoms with Crippen LogP contribution in [0, 0.1) is 5.41 Å². The van der Waals surface area contributed by atoms with Gasteiger partial charge in [0.2, 0.25) is 0 Å². The summed E-state index contributed by atoms with van der Waals surface area (Å²) in [7, 11) is 0. The Balaban J connectivity index is 0.00000150. The van der Waals surface area contributed by atoms with E-state index >= 15 is 0 Å². The van der Waals surface area contributed by atoms with Crippen molar-refractivity contribution in [3.8, 4) is 0 Å². The predicted molar refractivity (Wildman–Crippen MR) is 113 cm³/mol. The summed E-state index contributed by atoms with van der Waals surface area (Å²) in [5.41, 5.74) is 10.9. The molecule has 0 bridgehead atoms. The van der Waals surface area contributed by atoms with Crippen molar-refractivity contribution in [3.63, 3.8) is 0 Å². The summed E-state index contributed by atoms with van der Waals surface area (Å²) in [6.45, 7) is 14.3. The van der Waals surface area contributed by atoms with Crippen LogP contribution in [0.15, 0.2) is 74.6 Å². The van der Waals surface area contributed by atoms with E-state index in [1.807, 2.05) is 0 Å². The second kappa shape index (κ2) is 9.09. The second-order valence-electron chi connectivity index (χ2n) is 8.46. The van der Waals surface area contributed by atoms with Gasteiger partial charge in [0, 0.05) is 0 Å². The largest absolute Gasteiger partial charge is 1.00 e. The van der Waals surface area contributed by atoms with Crippen molar-refractivity contribution in [1.29, 1.82) is 0 Å². The fraction of sp³-hybridized carbons (Fsp3) is 0.308. The molecule has 150 valence electrons. The van der Waals surface area contributed by atoms with Crippen molar-refractivity contribution in [3.05, 3.63) is 91.3 Å². The Kier molecular flexibility index (Phi) is 7.65. The van der Waals surface area contributed by atoms with Gasteiger partial charge in [-0.3, -0.25) is 0 Å². The van der Waals surface area contributed by atoms with E-state index < -0.39 is 23.2 Å². The minimum Gasteiger partial charge on any atom is -1.00 e. The first kappa shape index (κ1) is 24.4. The van der Waals surface area contributed by atoms with Gasteiger partial charge in [0.15, 0.2) is 0 Å². The summed E-state index contributed by atoms with van der Waals surface area (Å²) in [6.07, 6.45) is 0. The average Bonchev–Trinajstić information content (AvgIpc) is 3.03. The zero-order valence-corrected chi connectivity index (χ0v) is 22.0. The average molecular weight is 503 g/mol. The van der Waals surface area contributed by atoms with E-state index in [4.69, 9.17) is 0 Å². The molecule has 0 fully saturated rings. The maximum atomic E-state index is 2.44. The van der Waals surface area contributed by atoms with Crippen LogP contribution in [0.25, 0.3) is 8.85 Å². The van der Waals surface area contributed by atoms with Crippen molar-refractivity contribution in [1.82, 2.24) is 0 Å². The number of halogens is 2. The molecule has 0 spiro atoms. The smallest absolute Gasteiger partial charge is 1.00 e. The molecule has 0 aliphatic heterocycles. The number of fused-ring (bicyclic) bond motifs is 1. The van der Waals surface area contributed by atoms with Crippen LogP contribution < -0.4 is 24.8 Å². The van der Waals surface area contributed by atoms with E-state index in [1.54, 1.807) is 23.3 Å². The Bertz CT molecular complexity index is 1010. The van der Waals surface area contributed by atoms with E-state index in [0.29, 0.717) is 5.92 Å². The van der Waals surface area contributed by atoms with Gasteiger partial charge >= 0.3 is 176 Å². The van der Waals surface area contributed by atoms with Crippen LogP contribution >= 0.6 is 0 Å². The third-order valence-electron chi connectivity index (χ3n) is 6.80. The molecule has 0 saturated heterocycles. The fourth-order valence-electron chi connectivity index (χ4n) is 4.73.